The normalized spacial score (nSPS) is 18.7. The molecule has 18 heavy (non-hydrogen) atoms. The summed E-state index contributed by atoms with van der Waals surface area (Å²) in [7, 11) is 1.48. The van der Waals surface area contributed by atoms with Crippen LogP contribution in [0.5, 0.6) is 5.88 Å². The molecular weight excluding hydrogens is 256 g/mol. The van der Waals surface area contributed by atoms with Crippen LogP contribution in [-0.2, 0) is 4.79 Å². The van der Waals surface area contributed by atoms with E-state index in [1.807, 2.05) is 0 Å². The molecule has 0 saturated carbocycles. The Kier molecular flexibility index (Phi) is 4.33. The van der Waals surface area contributed by atoms with Gasteiger partial charge in [0.15, 0.2) is 0 Å². The van der Waals surface area contributed by atoms with Crippen molar-refractivity contribution in [3.63, 3.8) is 0 Å². The first kappa shape index (κ1) is 13.0. The van der Waals surface area contributed by atoms with Gasteiger partial charge >= 0.3 is 0 Å². The minimum absolute atomic E-state index is 0.126. The molecule has 7 heteroatoms. The summed E-state index contributed by atoms with van der Waals surface area (Å²) in [4.78, 5) is 19.7. The number of methoxy groups -OCH3 is 1. The summed E-state index contributed by atoms with van der Waals surface area (Å²) < 4.78 is 4.95. The highest BCUT2D eigenvalue weighted by Crippen LogP contribution is 2.16. The first-order chi connectivity index (χ1) is 8.67. The van der Waals surface area contributed by atoms with Crippen LogP contribution in [-0.4, -0.2) is 35.6 Å². The van der Waals surface area contributed by atoms with Crippen LogP contribution in [0.4, 0.5) is 5.95 Å². The van der Waals surface area contributed by atoms with Gasteiger partial charge in [-0.05, 0) is 19.4 Å². The number of aromatic nitrogens is 2. The second-order valence-corrected chi connectivity index (χ2v) is 4.49. The Hall–Kier alpha value is -1.40. The summed E-state index contributed by atoms with van der Waals surface area (Å²) in [6, 6.07) is 1.72. The summed E-state index contributed by atoms with van der Waals surface area (Å²) in [5.41, 5.74) is 0. The Balaban J connectivity index is 1.95. The first-order valence-electron chi connectivity index (χ1n) is 5.79. The van der Waals surface area contributed by atoms with Gasteiger partial charge in [-0.2, -0.15) is 4.98 Å². The third-order valence-corrected chi connectivity index (χ3v) is 2.92. The zero-order valence-corrected chi connectivity index (χ0v) is 10.8. The van der Waals surface area contributed by atoms with Crippen molar-refractivity contribution in [3.05, 3.63) is 11.2 Å². The summed E-state index contributed by atoms with van der Waals surface area (Å²) in [6.45, 7) is 0.972. The van der Waals surface area contributed by atoms with Gasteiger partial charge < -0.3 is 10.1 Å². The topological polar surface area (TPSA) is 76.1 Å². The number of rotatable bonds is 4. The smallest absolute Gasteiger partial charge is 0.234 e. The van der Waals surface area contributed by atoms with Crippen LogP contribution in [0.1, 0.15) is 19.3 Å². The largest absolute Gasteiger partial charge is 0.481 e. The number of nitrogens with zero attached hydrogens (tertiary/aromatic N) is 2. The van der Waals surface area contributed by atoms with E-state index in [9.17, 15) is 4.79 Å². The summed E-state index contributed by atoms with van der Waals surface area (Å²) in [5.74, 6) is 0.366. The quantitative estimate of drug-likeness (QED) is 0.805. The van der Waals surface area contributed by atoms with Gasteiger partial charge in [-0.25, -0.2) is 4.98 Å². The maximum Gasteiger partial charge on any atom is 0.234 e. The SMILES string of the molecule is COc1cc(Cl)nc(NC(=O)CC2CCCN2)n1. The summed E-state index contributed by atoms with van der Waals surface area (Å²) in [5, 5.41) is 6.11. The van der Waals surface area contributed by atoms with E-state index in [0.717, 1.165) is 19.4 Å². The van der Waals surface area contributed by atoms with Gasteiger partial charge in [0.05, 0.1) is 7.11 Å². The molecule has 1 unspecified atom stereocenters. The van der Waals surface area contributed by atoms with Gasteiger partial charge in [-0.15, -0.1) is 0 Å². The second kappa shape index (κ2) is 5.97. The Morgan fingerprint density at radius 1 is 1.67 bits per heavy atom. The van der Waals surface area contributed by atoms with Gasteiger partial charge in [0.1, 0.15) is 5.15 Å². The molecule has 1 atom stereocenters. The Morgan fingerprint density at radius 3 is 3.17 bits per heavy atom. The van der Waals surface area contributed by atoms with E-state index in [-0.39, 0.29) is 23.1 Å². The molecule has 98 valence electrons. The molecule has 0 aromatic carbocycles. The minimum Gasteiger partial charge on any atom is -0.481 e. The molecule has 0 bridgehead atoms. The molecule has 1 aromatic rings. The minimum atomic E-state index is -0.126. The van der Waals surface area contributed by atoms with E-state index in [0.29, 0.717) is 12.3 Å². The van der Waals surface area contributed by atoms with Crippen LogP contribution in [0.15, 0.2) is 6.07 Å². The van der Waals surface area contributed by atoms with Crippen LogP contribution in [0.2, 0.25) is 5.15 Å². The van der Waals surface area contributed by atoms with E-state index in [1.54, 1.807) is 0 Å². The molecule has 0 radical (unpaired) electrons. The van der Waals surface area contributed by atoms with E-state index in [4.69, 9.17) is 16.3 Å². The molecule has 0 aliphatic carbocycles. The third kappa shape index (κ3) is 3.54. The molecule has 1 aliphatic heterocycles. The summed E-state index contributed by atoms with van der Waals surface area (Å²) >= 11 is 5.79. The van der Waals surface area contributed by atoms with Crippen LogP contribution in [0.25, 0.3) is 0 Å². The molecule has 2 rings (SSSR count). The average Bonchev–Trinajstić information content (AvgIpc) is 2.80. The Morgan fingerprint density at radius 2 is 2.50 bits per heavy atom. The van der Waals surface area contributed by atoms with Crippen LogP contribution in [0, 0.1) is 0 Å². The number of hydrogen-bond donors (Lipinski definition) is 2. The van der Waals surface area contributed by atoms with Crippen molar-refractivity contribution < 1.29 is 9.53 Å². The second-order valence-electron chi connectivity index (χ2n) is 4.10. The van der Waals surface area contributed by atoms with Crippen molar-refractivity contribution in [1.29, 1.82) is 0 Å². The molecule has 1 fully saturated rings. The highest BCUT2D eigenvalue weighted by atomic mass is 35.5. The molecule has 0 spiro atoms. The van der Waals surface area contributed by atoms with E-state index in [2.05, 4.69) is 20.6 Å². The zero-order chi connectivity index (χ0) is 13.0. The number of ether oxygens (including phenoxy) is 1. The molecule has 1 amide bonds. The maximum absolute atomic E-state index is 11.8. The van der Waals surface area contributed by atoms with Crippen LogP contribution >= 0.6 is 11.6 Å². The number of hydrogen-bond acceptors (Lipinski definition) is 5. The third-order valence-electron chi connectivity index (χ3n) is 2.73. The van der Waals surface area contributed by atoms with E-state index >= 15 is 0 Å². The number of amides is 1. The van der Waals surface area contributed by atoms with Gasteiger partial charge in [-0.1, -0.05) is 11.6 Å². The standard InChI is InChI=1S/C11H15ClN4O2/c1-18-10-6-8(12)14-11(16-10)15-9(17)5-7-3-2-4-13-7/h6-7,13H,2-5H2,1H3,(H,14,15,16,17). The highest BCUT2D eigenvalue weighted by Gasteiger charge is 2.18. The lowest BCUT2D eigenvalue weighted by Gasteiger charge is -2.10. The number of nitrogens with one attached hydrogen (secondary N) is 2. The fourth-order valence-electron chi connectivity index (χ4n) is 1.89. The summed E-state index contributed by atoms with van der Waals surface area (Å²) in [6.07, 6.45) is 2.55. The van der Waals surface area contributed by atoms with Crippen molar-refractivity contribution in [1.82, 2.24) is 15.3 Å². The van der Waals surface area contributed by atoms with Gasteiger partial charge in [0, 0.05) is 18.5 Å². The predicted octanol–water partition coefficient (Wildman–Crippen LogP) is 1.22. The number of carbonyl (C=O) groups excluding carboxylic acids is 1. The van der Waals surface area contributed by atoms with Crippen molar-refractivity contribution in [2.75, 3.05) is 19.0 Å². The predicted molar refractivity (Wildman–Crippen MR) is 67.9 cm³/mol. The average molecular weight is 271 g/mol. The lowest BCUT2D eigenvalue weighted by atomic mass is 10.1. The Labute approximate surface area is 110 Å². The van der Waals surface area contributed by atoms with Crippen LogP contribution in [0.3, 0.4) is 0 Å². The fourth-order valence-corrected chi connectivity index (χ4v) is 2.06. The Bertz CT molecular complexity index is 435. The zero-order valence-electron chi connectivity index (χ0n) is 10.1. The monoisotopic (exact) mass is 270 g/mol. The molecule has 1 saturated heterocycles. The number of anilines is 1. The van der Waals surface area contributed by atoms with Crippen molar-refractivity contribution in [3.8, 4) is 5.88 Å². The lowest BCUT2D eigenvalue weighted by Crippen LogP contribution is -2.27. The van der Waals surface area contributed by atoms with Gasteiger partial charge in [0.25, 0.3) is 0 Å². The van der Waals surface area contributed by atoms with E-state index < -0.39 is 0 Å². The first-order valence-corrected chi connectivity index (χ1v) is 6.17. The molecular formula is C11H15ClN4O2. The molecule has 2 N–H and O–H groups in total. The number of halogens is 1. The van der Waals surface area contributed by atoms with Crippen LogP contribution < -0.4 is 15.4 Å². The van der Waals surface area contributed by atoms with Crippen molar-refractivity contribution in [2.45, 2.75) is 25.3 Å². The van der Waals surface area contributed by atoms with Crippen molar-refractivity contribution >= 4 is 23.5 Å². The van der Waals surface area contributed by atoms with Gasteiger partial charge in [-0.3, -0.25) is 10.1 Å². The van der Waals surface area contributed by atoms with Gasteiger partial charge in [0.2, 0.25) is 17.7 Å². The molecule has 1 aliphatic rings. The van der Waals surface area contributed by atoms with Crippen molar-refractivity contribution in [2.24, 2.45) is 0 Å². The maximum atomic E-state index is 11.8. The number of carbonyl (C=O) groups is 1. The highest BCUT2D eigenvalue weighted by molar-refractivity contribution is 6.29. The molecule has 1 aromatic heterocycles. The fraction of sp³-hybridized carbons (Fsp3) is 0.545. The molecule has 2 heterocycles. The van der Waals surface area contributed by atoms with E-state index in [1.165, 1.54) is 13.2 Å². The molecule has 6 nitrogen and oxygen atoms in total. The lowest BCUT2D eigenvalue weighted by molar-refractivity contribution is -0.116.